The van der Waals surface area contributed by atoms with E-state index in [1.54, 1.807) is 6.07 Å². The van der Waals surface area contributed by atoms with Gasteiger partial charge < -0.3 is 9.47 Å². The summed E-state index contributed by atoms with van der Waals surface area (Å²) in [7, 11) is 0. The van der Waals surface area contributed by atoms with Crippen LogP contribution in [0.5, 0.6) is 11.5 Å². The number of nitrogens with zero attached hydrogens (tertiary/aromatic N) is 1. The molecule has 0 fully saturated rings. The molecule has 0 saturated carbocycles. The molecule has 1 aliphatic heterocycles. The number of nitriles is 1. The number of benzene rings is 2. The van der Waals surface area contributed by atoms with Crippen molar-refractivity contribution in [3.8, 4) is 17.6 Å². The first-order valence-electron chi connectivity index (χ1n) is 5.75. The second-order valence-corrected chi connectivity index (χ2v) is 4.10. The summed E-state index contributed by atoms with van der Waals surface area (Å²) >= 11 is 0. The van der Waals surface area contributed by atoms with Gasteiger partial charge in [0.1, 0.15) is 6.61 Å². The van der Waals surface area contributed by atoms with Crippen LogP contribution in [0.15, 0.2) is 48.5 Å². The SMILES string of the molecule is N#Cc1cccc([C@H]2COc3ccccc3O2)c1. The predicted octanol–water partition coefficient (Wildman–Crippen LogP) is 3.07. The van der Waals surface area contributed by atoms with Gasteiger partial charge in [-0.2, -0.15) is 5.26 Å². The van der Waals surface area contributed by atoms with Crippen LogP contribution in [0.25, 0.3) is 0 Å². The third kappa shape index (κ3) is 1.89. The summed E-state index contributed by atoms with van der Waals surface area (Å²) in [5, 5.41) is 8.90. The third-order valence-electron chi connectivity index (χ3n) is 2.90. The van der Waals surface area contributed by atoms with E-state index in [1.807, 2.05) is 42.5 Å². The molecule has 2 aromatic carbocycles. The second kappa shape index (κ2) is 4.42. The van der Waals surface area contributed by atoms with Gasteiger partial charge in [0.15, 0.2) is 17.6 Å². The van der Waals surface area contributed by atoms with E-state index >= 15 is 0 Å². The molecule has 0 aliphatic carbocycles. The monoisotopic (exact) mass is 237 g/mol. The van der Waals surface area contributed by atoms with Crippen LogP contribution >= 0.6 is 0 Å². The van der Waals surface area contributed by atoms with Crippen LogP contribution < -0.4 is 9.47 Å². The minimum Gasteiger partial charge on any atom is -0.485 e. The Kier molecular flexibility index (Phi) is 2.62. The molecule has 88 valence electrons. The van der Waals surface area contributed by atoms with Crippen molar-refractivity contribution in [1.82, 2.24) is 0 Å². The zero-order chi connectivity index (χ0) is 12.4. The Labute approximate surface area is 105 Å². The Balaban J connectivity index is 1.90. The highest BCUT2D eigenvalue weighted by Gasteiger charge is 2.22. The van der Waals surface area contributed by atoms with Crippen LogP contribution in [-0.4, -0.2) is 6.61 Å². The molecule has 3 rings (SSSR count). The highest BCUT2D eigenvalue weighted by atomic mass is 16.6. The van der Waals surface area contributed by atoms with Gasteiger partial charge in [-0.05, 0) is 29.8 Å². The Morgan fingerprint density at radius 2 is 1.89 bits per heavy atom. The maximum absolute atomic E-state index is 8.90. The van der Waals surface area contributed by atoms with E-state index in [0.29, 0.717) is 12.2 Å². The van der Waals surface area contributed by atoms with Crippen LogP contribution in [0.1, 0.15) is 17.2 Å². The lowest BCUT2D eigenvalue weighted by atomic mass is 10.1. The van der Waals surface area contributed by atoms with E-state index < -0.39 is 0 Å². The smallest absolute Gasteiger partial charge is 0.162 e. The summed E-state index contributed by atoms with van der Waals surface area (Å²) in [6.45, 7) is 0.464. The van der Waals surface area contributed by atoms with Crippen molar-refractivity contribution in [2.75, 3.05) is 6.61 Å². The predicted molar refractivity (Wildman–Crippen MR) is 66.5 cm³/mol. The van der Waals surface area contributed by atoms with E-state index in [2.05, 4.69) is 6.07 Å². The minimum atomic E-state index is -0.159. The fourth-order valence-electron chi connectivity index (χ4n) is 1.99. The molecule has 3 nitrogen and oxygen atoms in total. The molecular weight excluding hydrogens is 226 g/mol. The summed E-state index contributed by atoms with van der Waals surface area (Å²) in [6.07, 6.45) is -0.159. The molecule has 3 heteroatoms. The van der Waals surface area contributed by atoms with E-state index in [-0.39, 0.29) is 6.10 Å². The largest absolute Gasteiger partial charge is 0.485 e. The lowest BCUT2D eigenvalue weighted by molar-refractivity contribution is 0.0913. The first-order valence-corrected chi connectivity index (χ1v) is 5.75. The van der Waals surface area contributed by atoms with Crippen molar-refractivity contribution in [3.63, 3.8) is 0 Å². The maximum Gasteiger partial charge on any atom is 0.162 e. The molecule has 18 heavy (non-hydrogen) atoms. The minimum absolute atomic E-state index is 0.159. The first-order chi connectivity index (χ1) is 8.86. The van der Waals surface area contributed by atoms with Crippen molar-refractivity contribution in [2.24, 2.45) is 0 Å². The molecule has 0 N–H and O–H groups in total. The molecule has 0 saturated heterocycles. The third-order valence-corrected chi connectivity index (χ3v) is 2.90. The molecule has 0 unspecified atom stereocenters. The van der Waals surface area contributed by atoms with Crippen LogP contribution in [-0.2, 0) is 0 Å². The van der Waals surface area contributed by atoms with Gasteiger partial charge in [0.2, 0.25) is 0 Å². The Morgan fingerprint density at radius 1 is 1.06 bits per heavy atom. The Morgan fingerprint density at radius 3 is 2.72 bits per heavy atom. The van der Waals surface area contributed by atoms with Gasteiger partial charge in [0.25, 0.3) is 0 Å². The molecule has 1 heterocycles. The normalized spacial score (nSPS) is 16.9. The Bertz CT molecular complexity index is 616. The fourth-order valence-corrected chi connectivity index (χ4v) is 1.99. The number of hydrogen-bond acceptors (Lipinski definition) is 3. The lowest BCUT2D eigenvalue weighted by Gasteiger charge is -2.26. The van der Waals surface area contributed by atoms with Crippen LogP contribution in [0.4, 0.5) is 0 Å². The molecule has 1 atom stereocenters. The van der Waals surface area contributed by atoms with Crippen molar-refractivity contribution in [1.29, 1.82) is 5.26 Å². The van der Waals surface area contributed by atoms with E-state index in [4.69, 9.17) is 14.7 Å². The second-order valence-electron chi connectivity index (χ2n) is 4.10. The molecule has 0 spiro atoms. The number of ether oxygens (including phenoxy) is 2. The van der Waals surface area contributed by atoms with Gasteiger partial charge in [0, 0.05) is 0 Å². The maximum atomic E-state index is 8.90. The summed E-state index contributed by atoms with van der Waals surface area (Å²) in [4.78, 5) is 0. The van der Waals surface area contributed by atoms with Crippen molar-refractivity contribution in [3.05, 3.63) is 59.7 Å². The number of para-hydroxylation sites is 2. The van der Waals surface area contributed by atoms with Crippen LogP contribution in [0.2, 0.25) is 0 Å². The van der Waals surface area contributed by atoms with Gasteiger partial charge in [-0.3, -0.25) is 0 Å². The van der Waals surface area contributed by atoms with Crippen LogP contribution in [0, 0.1) is 11.3 Å². The highest BCUT2D eigenvalue weighted by molar-refractivity contribution is 5.42. The standard InChI is InChI=1S/C15H11NO2/c16-9-11-4-3-5-12(8-11)15-10-17-13-6-1-2-7-14(13)18-15/h1-8,15H,10H2/t15-/m1/s1. The molecule has 0 amide bonds. The van der Waals surface area contributed by atoms with Crippen LogP contribution in [0.3, 0.4) is 0 Å². The average Bonchev–Trinajstić information content (AvgIpc) is 2.47. The molecule has 2 aromatic rings. The lowest BCUT2D eigenvalue weighted by Crippen LogP contribution is -2.21. The summed E-state index contributed by atoms with van der Waals surface area (Å²) in [5.41, 5.74) is 1.60. The Hall–Kier alpha value is -2.47. The quantitative estimate of drug-likeness (QED) is 0.765. The molecule has 0 aromatic heterocycles. The zero-order valence-electron chi connectivity index (χ0n) is 9.67. The van der Waals surface area contributed by atoms with Crippen molar-refractivity contribution in [2.45, 2.75) is 6.10 Å². The van der Waals surface area contributed by atoms with Gasteiger partial charge >= 0.3 is 0 Å². The highest BCUT2D eigenvalue weighted by Crippen LogP contribution is 2.35. The van der Waals surface area contributed by atoms with Crippen molar-refractivity contribution < 1.29 is 9.47 Å². The fraction of sp³-hybridized carbons (Fsp3) is 0.133. The van der Waals surface area contributed by atoms with E-state index in [9.17, 15) is 0 Å². The van der Waals surface area contributed by atoms with Gasteiger partial charge in [-0.15, -0.1) is 0 Å². The van der Waals surface area contributed by atoms with Gasteiger partial charge in [-0.25, -0.2) is 0 Å². The number of hydrogen-bond donors (Lipinski definition) is 0. The van der Waals surface area contributed by atoms with Gasteiger partial charge in [-0.1, -0.05) is 24.3 Å². The van der Waals surface area contributed by atoms with E-state index in [1.165, 1.54) is 0 Å². The molecule has 0 bridgehead atoms. The topological polar surface area (TPSA) is 42.2 Å². The summed E-state index contributed by atoms with van der Waals surface area (Å²) < 4.78 is 11.5. The molecular formula is C15H11NO2. The average molecular weight is 237 g/mol. The number of fused-ring (bicyclic) bond motifs is 1. The molecule has 1 aliphatic rings. The first kappa shape index (κ1) is 10.7. The van der Waals surface area contributed by atoms with Crippen molar-refractivity contribution >= 4 is 0 Å². The number of rotatable bonds is 1. The summed E-state index contributed by atoms with van der Waals surface area (Å²) in [5.74, 6) is 1.52. The van der Waals surface area contributed by atoms with Gasteiger partial charge in [0.05, 0.1) is 11.6 Å². The molecule has 0 radical (unpaired) electrons. The summed E-state index contributed by atoms with van der Waals surface area (Å²) in [6, 6.07) is 17.1. The zero-order valence-corrected chi connectivity index (χ0v) is 9.67. The van der Waals surface area contributed by atoms with E-state index in [0.717, 1.165) is 17.1 Å².